The lowest BCUT2D eigenvalue weighted by Crippen LogP contribution is -2.40. The number of methoxy groups -OCH3 is 1. The zero-order chi connectivity index (χ0) is 11.1. The molecule has 14 heavy (non-hydrogen) atoms. The molecule has 0 heterocycles. The predicted molar refractivity (Wildman–Crippen MR) is 53.6 cm³/mol. The summed E-state index contributed by atoms with van der Waals surface area (Å²) in [5, 5.41) is 2.66. The highest BCUT2D eigenvalue weighted by Crippen LogP contribution is 2.11. The number of allylic oxidation sites excluding steroid dienone is 1. The van der Waals surface area contributed by atoms with Crippen LogP contribution >= 0.6 is 0 Å². The van der Waals surface area contributed by atoms with Gasteiger partial charge in [-0.15, -0.1) is 6.58 Å². The number of carbonyl (C=O) groups is 2. The first-order chi connectivity index (χ1) is 6.52. The van der Waals surface area contributed by atoms with Crippen molar-refractivity contribution in [3.05, 3.63) is 12.7 Å². The number of amides is 1. The summed E-state index contributed by atoms with van der Waals surface area (Å²) in [7, 11) is 1.33. The van der Waals surface area contributed by atoms with E-state index in [1.165, 1.54) is 14.0 Å². The van der Waals surface area contributed by atoms with Crippen LogP contribution in [0.5, 0.6) is 0 Å². The summed E-state index contributed by atoms with van der Waals surface area (Å²) in [6.45, 7) is 6.74. The maximum absolute atomic E-state index is 11.3. The summed E-state index contributed by atoms with van der Waals surface area (Å²) in [6, 6.07) is -0.238. The van der Waals surface area contributed by atoms with Gasteiger partial charge in [-0.2, -0.15) is 0 Å². The fraction of sp³-hybridized carbons (Fsp3) is 0.600. The van der Waals surface area contributed by atoms with Gasteiger partial charge in [0.05, 0.1) is 13.0 Å². The van der Waals surface area contributed by atoms with Crippen molar-refractivity contribution in [3.8, 4) is 0 Å². The normalized spacial score (nSPS) is 13.9. The molecule has 0 saturated carbocycles. The molecule has 0 fully saturated rings. The topological polar surface area (TPSA) is 55.4 Å². The molecule has 0 aliphatic heterocycles. The van der Waals surface area contributed by atoms with E-state index in [1.54, 1.807) is 13.0 Å². The van der Waals surface area contributed by atoms with Crippen LogP contribution in [0.2, 0.25) is 0 Å². The van der Waals surface area contributed by atoms with Crippen molar-refractivity contribution >= 4 is 11.9 Å². The van der Waals surface area contributed by atoms with Gasteiger partial charge >= 0.3 is 5.97 Å². The molecule has 0 unspecified atom stereocenters. The summed E-state index contributed by atoms with van der Waals surface area (Å²) in [5.74, 6) is -0.844. The fourth-order valence-corrected chi connectivity index (χ4v) is 1.26. The van der Waals surface area contributed by atoms with Crippen LogP contribution in [0.4, 0.5) is 0 Å². The highest BCUT2D eigenvalue weighted by atomic mass is 16.5. The maximum Gasteiger partial charge on any atom is 0.311 e. The Morgan fingerprint density at radius 2 is 2.14 bits per heavy atom. The Bertz CT molecular complexity index is 225. The Labute approximate surface area is 84.3 Å². The van der Waals surface area contributed by atoms with Gasteiger partial charge < -0.3 is 10.1 Å². The highest BCUT2D eigenvalue weighted by molar-refractivity contribution is 5.77. The molecule has 4 nitrogen and oxygen atoms in total. The lowest BCUT2D eigenvalue weighted by atomic mass is 9.97. The lowest BCUT2D eigenvalue weighted by molar-refractivity contribution is -0.146. The third-order valence-corrected chi connectivity index (χ3v) is 1.96. The van der Waals surface area contributed by atoms with E-state index in [1.807, 2.05) is 0 Å². The molecule has 2 atom stereocenters. The average molecular weight is 199 g/mol. The SMILES string of the molecule is C=CC[C@H](C(=O)OC)[C@H](C)NC(C)=O. The van der Waals surface area contributed by atoms with E-state index in [4.69, 9.17) is 0 Å². The van der Waals surface area contributed by atoms with Crippen LogP contribution in [-0.2, 0) is 14.3 Å². The number of hydrogen-bond donors (Lipinski definition) is 1. The van der Waals surface area contributed by atoms with Crippen LogP contribution in [0, 0.1) is 5.92 Å². The van der Waals surface area contributed by atoms with E-state index in [0.29, 0.717) is 6.42 Å². The monoisotopic (exact) mass is 199 g/mol. The molecule has 0 aromatic heterocycles. The molecular weight excluding hydrogens is 182 g/mol. The van der Waals surface area contributed by atoms with E-state index >= 15 is 0 Å². The quantitative estimate of drug-likeness (QED) is 0.528. The summed E-state index contributed by atoms with van der Waals surface area (Å²) >= 11 is 0. The predicted octanol–water partition coefficient (Wildman–Crippen LogP) is 0.876. The minimum absolute atomic E-state index is 0.157. The Hall–Kier alpha value is -1.32. The molecule has 1 amide bonds. The van der Waals surface area contributed by atoms with E-state index in [0.717, 1.165) is 0 Å². The molecule has 0 saturated heterocycles. The summed E-state index contributed by atoms with van der Waals surface area (Å²) in [4.78, 5) is 22.1. The summed E-state index contributed by atoms with van der Waals surface area (Å²) < 4.78 is 4.63. The number of esters is 1. The van der Waals surface area contributed by atoms with E-state index < -0.39 is 0 Å². The standard InChI is InChI=1S/C10H17NO3/c1-5-6-9(10(13)14-4)7(2)11-8(3)12/h5,7,9H,1,6H2,2-4H3,(H,11,12)/t7-,9-/m0/s1. The molecule has 0 aliphatic rings. The minimum atomic E-state index is -0.360. The van der Waals surface area contributed by atoms with Crippen molar-refractivity contribution < 1.29 is 14.3 Å². The third-order valence-electron chi connectivity index (χ3n) is 1.96. The smallest absolute Gasteiger partial charge is 0.311 e. The van der Waals surface area contributed by atoms with Gasteiger partial charge in [0.15, 0.2) is 0 Å². The summed E-state index contributed by atoms with van der Waals surface area (Å²) in [6.07, 6.45) is 2.13. The van der Waals surface area contributed by atoms with Crippen LogP contribution < -0.4 is 5.32 Å². The second-order valence-electron chi connectivity index (χ2n) is 3.14. The van der Waals surface area contributed by atoms with Gasteiger partial charge in [0.2, 0.25) is 5.91 Å². The lowest BCUT2D eigenvalue weighted by Gasteiger charge is -2.20. The summed E-state index contributed by atoms with van der Waals surface area (Å²) in [5.41, 5.74) is 0. The number of hydrogen-bond acceptors (Lipinski definition) is 3. The second-order valence-corrected chi connectivity index (χ2v) is 3.14. The molecular formula is C10H17NO3. The molecule has 1 N–H and O–H groups in total. The first kappa shape index (κ1) is 12.7. The van der Waals surface area contributed by atoms with Gasteiger partial charge in [0, 0.05) is 13.0 Å². The van der Waals surface area contributed by atoms with Gasteiger partial charge in [0.1, 0.15) is 0 Å². The van der Waals surface area contributed by atoms with Crippen LogP contribution in [0.15, 0.2) is 12.7 Å². The molecule has 4 heteroatoms. The molecule has 0 rings (SSSR count). The second kappa shape index (κ2) is 6.18. The van der Waals surface area contributed by atoms with Gasteiger partial charge in [-0.3, -0.25) is 9.59 Å². The van der Waals surface area contributed by atoms with Crippen LogP contribution in [0.25, 0.3) is 0 Å². The number of ether oxygens (including phenoxy) is 1. The van der Waals surface area contributed by atoms with Crippen LogP contribution in [-0.4, -0.2) is 25.0 Å². The highest BCUT2D eigenvalue weighted by Gasteiger charge is 2.24. The minimum Gasteiger partial charge on any atom is -0.469 e. The van der Waals surface area contributed by atoms with Gasteiger partial charge in [0.25, 0.3) is 0 Å². The first-order valence-electron chi connectivity index (χ1n) is 4.48. The zero-order valence-electron chi connectivity index (χ0n) is 8.87. The van der Waals surface area contributed by atoms with Gasteiger partial charge in [-0.25, -0.2) is 0 Å². The van der Waals surface area contributed by atoms with Crippen LogP contribution in [0.1, 0.15) is 20.3 Å². The number of nitrogens with one attached hydrogen (secondary N) is 1. The number of carbonyl (C=O) groups excluding carboxylic acids is 2. The number of rotatable bonds is 5. The third kappa shape index (κ3) is 4.07. The van der Waals surface area contributed by atoms with Crippen molar-refractivity contribution in [1.29, 1.82) is 0 Å². The maximum atomic E-state index is 11.3. The van der Waals surface area contributed by atoms with Gasteiger partial charge in [-0.1, -0.05) is 6.08 Å². The Morgan fingerprint density at radius 3 is 2.50 bits per heavy atom. The van der Waals surface area contributed by atoms with Crippen molar-refractivity contribution in [2.45, 2.75) is 26.3 Å². The van der Waals surface area contributed by atoms with E-state index in [-0.39, 0.29) is 23.8 Å². The van der Waals surface area contributed by atoms with Crippen molar-refractivity contribution in [2.24, 2.45) is 5.92 Å². The zero-order valence-corrected chi connectivity index (χ0v) is 8.87. The van der Waals surface area contributed by atoms with Crippen molar-refractivity contribution in [3.63, 3.8) is 0 Å². The molecule has 80 valence electrons. The molecule has 0 spiro atoms. The Kier molecular flexibility index (Phi) is 5.60. The average Bonchev–Trinajstić information content (AvgIpc) is 2.11. The van der Waals surface area contributed by atoms with Crippen molar-refractivity contribution in [2.75, 3.05) is 7.11 Å². The van der Waals surface area contributed by atoms with E-state index in [2.05, 4.69) is 16.6 Å². The molecule has 0 aromatic rings. The Balaban J connectivity index is 4.38. The largest absolute Gasteiger partial charge is 0.469 e. The first-order valence-corrected chi connectivity index (χ1v) is 4.48. The Morgan fingerprint density at radius 1 is 1.57 bits per heavy atom. The van der Waals surface area contributed by atoms with Gasteiger partial charge in [-0.05, 0) is 13.3 Å². The fourth-order valence-electron chi connectivity index (χ4n) is 1.26. The molecule has 0 bridgehead atoms. The molecule has 0 radical (unpaired) electrons. The van der Waals surface area contributed by atoms with E-state index in [9.17, 15) is 9.59 Å². The molecule has 0 aliphatic carbocycles. The molecule has 0 aromatic carbocycles. The van der Waals surface area contributed by atoms with Crippen molar-refractivity contribution in [1.82, 2.24) is 5.32 Å². The van der Waals surface area contributed by atoms with Crippen LogP contribution in [0.3, 0.4) is 0 Å².